The number of benzene rings is 2. The lowest BCUT2D eigenvalue weighted by molar-refractivity contribution is 0.0791. The van der Waals surface area contributed by atoms with Crippen molar-refractivity contribution in [2.75, 3.05) is 18.4 Å². The zero-order valence-corrected chi connectivity index (χ0v) is 15.2. The first-order valence-electron chi connectivity index (χ1n) is 8.49. The van der Waals surface area contributed by atoms with Crippen LogP contribution in [-0.2, 0) is 0 Å². The Labute approximate surface area is 158 Å². The smallest absolute Gasteiger partial charge is 0.296 e. The molecule has 1 N–H and O–H groups in total. The van der Waals surface area contributed by atoms with E-state index in [9.17, 15) is 13.6 Å². The van der Waals surface area contributed by atoms with Gasteiger partial charge in [0, 0.05) is 19.1 Å². The van der Waals surface area contributed by atoms with E-state index in [1.165, 1.54) is 6.07 Å². The molecule has 4 rings (SSSR count). The summed E-state index contributed by atoms with van der Waals surface area (Å²) in [5.41, 5.74) is 1.43. The largest absolute Gasteiger partial charge is 0.420 e. The molecule has 0 saturated carbocycles. The molecular formula is C19H16ClF2N3O2. The van der Waals surface area contributed by atoms with Crippen molar-refractivity contribution in [1.82, 2.24) is 9.88 Å². The van der Waals surface area contributed by atoms with Crippen molar-refractivity contribution >= 4 is 34.6 Å². The fraction of sp³-hybridized carbons (Fsp3) is 0.263. The normalized spacial score (nSPS) is 16.9. The Kier molecular flexibility index (Phi) is 4.47. The van der Waals surface area contributed by atoms with Crippen LogP contribution in [0.4, 0.5) is 14.8 Å². The first-order chi connectivity index (χ1) is 12.9. The van der Waals surface area contributed by atoms with Crippen molar-refractivity contribution in [3.05, 3.63) is 58.1 Å². The van der Waals surface area contributed by atoms with Gasteiger partial charge in [-0.2, -0.15) is 9.37 Å². The molecule has 0 spiro atoms. The monoisotopic (exact) mass is 391 g/mol. The number of aryl methyl sites for hydroxylation is 1. The molecule has 1 aliphatic rings. The lowest BCUT2D eigenvalue weighted by Crippen LogP contribution is -2.31. The maximum absolute atomic E-state index is 13.7. The zero-order valence-electron chi connectivity index (χ0n) is 14.4. The number of halogens is 3. The molecule has 140 valence electrons. The highest BCUT2D eigenvalue weighted by molar-refractivity contribution is 6.33. The van der Waals surface area contributed by atoms with Gasteiger partial charge in [0.2, 0.25) is 5.82 Å². The van der Waals surface area contributed by atoms with Crippen molar-refractivity contribution in [3.8, 4) is 0 Å². The Hall–Kier alpha value is -2.67. The van der Waals surface area contributed by atoms with Gasteiger partial charge < -0.3 is 14.6 Å². The number of anilines is 1. The van der Waals surface area contributed by atoms with E-state index in [0.717, 1.165) is 11.6 Å². The molecule has 1 aliphatic heterocycles. The van der Waals surface area contributed by atoms with Crippen LogP contribution in [0.1, 0.15) is 22.3 Å². The number of oxazole rings is 1. The van der Waals surface area contributed by atoms with Crippen molar-refractivity contribution in [1.29, 1.82) is 0 Å². The average Bonchev–Trinajstić information content (AvgIpc) is 3.27. The number of hydrogen-bond donors (Lipinski definition) is 1. The average molecular weight is 392 g/mol. The number of carbonyl (C=O) groups is 1. The van der Waals surface area contributed by atoms with Crippen molar-refractivity contribution in [3.63, 3.8) is 0 Å². The first-order valence-corrected chi connectivity index (χ1v) is 8.86. The molecular weight excluding hydrogens is 376 g/mol. The van der Waals surface area contributed by atoms with Crippen LogP contribution >= 0.6 is 11.6 Å². The standard InChI is InChI=1S/C19H16ClF2N3O2/c1-10-2-3-13(20)12(8-10)18(26)25-7-6-11(9-25)23-19-24-15-5-4-14(21)16(22)17(15)27-19/h2-5,8,11H,6-7,9H2,1H3,(H,23,24)/t11-/m1/s1. The van der Waals surface area contributed by atoms with Crippen molar-refractivity contribution < 1.29 is 18.0 Å². The molecule has 0 unspecified atom stereocenters. The minimum atomic E-state index is -1.06. The van der Waals surface area contributed by atoms with E-state index in [-0.39, 0.29) is 29.1 Å². The van der Waals surface area contributed by atoms with Gasteiger partial charge in [0.05, 0.1) is 10.6 Å². The van der Waals surface area contributed by atoms with Crippen LogP contribution in [0.15, 0.2) is 34.7 Å². The van der Waals surface area contributed by atoms with Crippen LogP contribution in [0.2, 0.25) is 5.02 Å². The van der Waals surface area contributed by atoms with Crippen LogP contribution in [0.5, 0.6) is 0 Å². The van der Waals surface area contributed by atoms with Gasteiger partial charge in [-0.3, -0.25) is 4.79 Å². The van der Waals surface area contributed by atoms with E-state index in [2.05, 4.69) is 10.3 Å². The summed E-state index contributed by atoms with van der Waals surface area (Å²) in [6.45, 7) is 2.87. The van der Waals surface area contributed by atoms with E-state index in [0.29, 0.717) is 30.1 Å². The molecule has 27 heavy (non-hydrogen) atoms. The molecule has 3 aromatic rings. The fourth-order valence-electron chi connectivity index (χ4n) is 3.21. The number of rotatable bonds is 3. The summed E-state index contributed by atoms with van der Waals surface area (Å²) in [5, 5.41) is 3.46. The maximum Gasteiger partial charge on any atom is 0.296 e. The highest BCUT2D eigenvalue weighted by Gasteiger charge is 2.29. The van der Waals surface area contributed by atoms with Gasteiger partial charge in [0.25, 0.3) is 11.9 Å². The lowest BCUT2D eigenvalue weighted by Gasteiger charge is -2.17. The number of amides is 1. The Morgan fingerprint density at radius 1 is 1.33 bits per heavy atom. The predicted octanol–water partition coefficient (Wildman–Crippen LogP) is 4.39. The van der Waals surface area contributed by atoms with Crippen LogP contribution in [0, 0.1) is 18.6 Å². The number of nitrogens with one attached hydrogen (secondary N) is 1. The van der Waals surface area contributed by atoms with Gasteiger partial charge in [0.15, 0.2) is 11.4 Å². The number of hydrogen-bond acceptors (Lipinski definition) is 4. The number of likely N-dealkylation sites (tertiary alicyclic amines) is 1. The third-order valence-electron chi connectivity index (χ3n) is 4.61. The summed E-state index contributed by atoms with van der Waals surface area (Å²) in [5.74, 6) is -2.19. The molecule has 8 heteroatoms. The molecule has 0 bridgehead atoms. The Morgan fingerprint density at radius 3 is 2.96 bits per heavy atom. The third kappa shape index (κ3) is 3.35. The molecule has 2 aromatic carbocycles. The molecule has 0 aliphatic carbocycles. The van der Waals surface area contributed by atoms with Gasteiger partial charge in [-0.1, -0.05) is 23.2 Å². The molecule has 2 heterocycles. The zero-order chi connectivity index (χ0) is 19.1. The first kappa shape index (κ1) is 17.7. The highest BCUT2D eigenvalue weighted by Crippen LogP contribution is 2.26. The van der Waals surface area contributed by atoms with Crippen LogP contribution in [-0.4, -0.2) is 34.9 Å². The molecule has 1 aromatic heterocycles. The number of fused-ring (bicyclic) bond motifs is 1. The topological polar surface area (TPSA) is 58.4 Å². The number of carbonyl (C=O) groups excluding carboxylic acids is 1. The predicted molar refractivity (Wildman–Crippen MR) is 98.0 cm³/mol. The van der Waals surface area contributed by atoms with Crippen molar-refractivity contribution in [2.45, 2.75) is 19.4 Å². The number of aromatic nitrogens is 1. The lowest BCUT2D eigenvalue weighted by atomic mass is 10.1. The number of nitrogens with zero attached hydrogens (tertiary/aromatic N) is 2. The highest BCUT2D eigenvalue weighted by atomic mass is 35.5. The summed E-state index contributed by atoms with van der Waals surface area (Å²) >= 11 is 6.15. The minimum Gasteiger partial charge on any atom is -0.420 e. The van der Waals surface area contributed by atoms with Crippen LogP contribution < -0.4 is 5.32 Å². The summed E-state index contributed by atoms with van der Waals surface area (Å²) in [7, 11) is 0. The fourth-order valence-corrected chi connectivity index (χ4v) is 3.41. The second-order valence-electron chi connectivity index (χ2n) is 6.59. The van der Waals surface area contributed by atoms with E-state index < -0.39 is 11.6 Å². The minimum absolute atomic E-state index is 0.0994. The van der Waals surface area contributed by atoms with Crippen LogP contribution in [0.3, 0.4) is 0 Å². The van der Waals surface area contributed by atoms with Gasteiger partial charge in [-0.05, 0) is 37.6 Å². The van der Waals surface area contributed by atoms with E-state index in [4.69, 9.17) is 16.0 Å². The second kappa shape index (κ2) is 6.81. The molecule has 1 atom stereocenters. The molecule has 5 nitrogen and oxygen atoms in total. The Morgan fingerprint density at radius 2 is 2.15 bits per heavy atom. The van der Waals surface area contributed by atoms with Gasteiger partial charge in [-0.15, -0.1) is 0 Å². The maximum atomic E-state index is 13.7. The molecule has 1 fully saturated rings. The molecule has 0 radical (unpaired) electrons. The van der Waals surface area contributed by atoms with Crippen LogP contribution in [0.25, 0.3) is 11.1 Å². The van der Waals surface area contributed by atoms with E-state index in [1.807, 2.05) is 13.0 Å². The summed E-state index contributed by atoms with van der Waals surface area (Å²) in [6.07, 6.45) is 0.671. The third-order valence-corrected chi connectivity index (χ3v) is 4.93. The Balaban J connectivity index is 1.48. The molecule has 1 amide bonds. The quantitative estimate of drug-likeness (QED) is 0.719. The molecule has 1 saturated heterocycles. The SMILES string of the molecule is Cc1ccc(Cl)c(C(=O)N2CC[C@@H](Nc3nc4ccc(F)c(F)c4o3)C2)c1. The second-order valence-corrected chi connectivity index (χ2v) is 7.00. The van der Waals surface area contributed by atoms with Gasteiger partial charge >= 0.3 is 0 Å². The van der Waals surface area contributed by atoms with Crippen molar-refractivity contribution in [2.24, 2.45) is 0 Å². The summed E-state index contributed by atoms with van der Waals surface area (Å²) < 4.78 is 32.3. The van der Waals surface area contributed by atoms with Gasteiger partial charge in [0.1, 0.15) is 5.52 Å². The summed E-state index contributed by atoms with van der Waals surface area (Å²) in [4.78, 5) is 18.5. The summed E-state index contributed by atoms with van der Waals surface area (Å²) in [6, 6.07) is 7.67. The van der Waals surface area contributed by atoms with Gasteiger partial charge in [-0.25, -0.2) is 4.39 Å². The Bertz CT molecular complexity index is 1040. The van der Waals surface area contributed by atoms with E-state index in [1.54, 1.807) is 17.0 Å². The van der Waals surface area contributed by atoms with E-state index >= 15 is 0 Å².